The SMILES string of the molecule is C[C@@H](CO)NC(=O)Nc1ccc(-c2ncco2)cc1. The first-order chi connectivity index (χ1) is 9.19. The molecule has 100 valence electrons. The maximum absolute atomic E-state index is 11.5. The van der Waals surface area contributed by atoms with E-state index in [4.69, 9.17) is 9.52 Å². The van der Waals surface area contributed by atoms with Crippen LogP contribution in [0.1, 0.15) is 6.92 Å². The summed E-state index contributed by atoms with van der Waals surface area (Å²) in [5.41, 5.74) is 1.48. The molecular weight excluding hydrogens is 246 g/mol. The van der Waals surface area contributed by atoms with Gasteiger partial charge in [-0.15, -0.1) is 0 Å². The van der Waals surface area contributed by atoms with Crippen molar-refractivity contribution in [2.24, 2.45) is 0 Å². The third-order valence-electron chi connectivity index (χ3n) is 2.47. The van der Waals surface area contributed by atoms with Crippen LogP contribution in [0.15, 0.2) is 41.1 Å². The van der Waals surface area contributed by atoms with Gasteiger partial charge in [0.2, 0.25) is 5.89 Å². The highest BCUT2D eigenvalue weighted by atomic mass is 16.3. The molecule has 1 atom stereocenters. The smallest absolute Gasteiger partial charge is 0.319 e. The molecule has 19 heavy (non-hydrogen) atoms. The number of hydrogen-bond acceptors (Lipinski definition) is 4. The Morgan fingerprint density at radius 2 is 2.16 bits per heavy atom. The summed E-state index contributed by atoms with van der Waals surface area (Å²) < 4.78 is 5.17. The van der Waals surface area contributed by atoms with Gasteiger partial charge in [0, 0.05) is 11.3 Å². The zero-order chi connectivity index (χ0) is 13.7. The van der Waals surface area contributed by atoms with E-state index in [0.29, 0.717) is 11.6 Å². The fourth-order valence-electron chi connectivity index (χ4n) is 1.50. The lowest BCUT2D eigenvalue weighted by molar-refractivity contribution is 0.229. The molecule has 0 saturated carbocycles. The molecule has 1 aromatic heterocycles. The molecule has 1 heterocycles. The van der Waals surface area contributed by atoms with Gasteiger partial charge in [0.1, 0.15) is 6.26 Å². The van der Waals surface area contributed by atoms with Crippen LogP contribution >= 0.6 is 0 Å². The molecule has 6 heteroatoms. The molecule has 0 aliphatic heterocycles. The summed E-state index contributed by atoms with van der Waals surface area (Å²) >= 11 is 0. The van der Waals surface area contributed by atoms with Crippen LogP contribution in [0, 0.1) is 0 Å². The first-order valence-electron chi connectivity index (χ1n) is 5.87. The number of aliphatic hydroxyl groups excluding tert-OH is 1. The van der Waals surface area contributed by atoms with Crippen LogP contribution in [0.3, 0.4) is 0 Å². The van der Waals surface area contributed by atoms with Gasteiger partial charge in [0.25, 0.3) is 0 Å². The standard InChI is InChI=1S/C13H15N3O3/c1-9(8-17)15-13(18)16-11-4-2-10(3-5-11)12-14-6-7-19-12/h2-7,9,17H,8H2,1H3,(H2,15,16,18)/t9-/m0/s1. The van der Waals surface area contributed by atoms with Crippen LogP contribution in [-0.4, -0.2) is 28.8 Å². The molecule has 2 rings (SSSR count). The summed E-state index contributed by atoms with van der Waals surface area (Å²) in [6, 6.07) is 6.47. The minimum atomic E-state index is -0.356. The summed E-state index contributed by atoms with van der Waals surface area (Å²) in [5, 5.41) is 14.1. The number of aromatic nitrogens is 1. The predicted molar refractivity (Wildman–Crippen MR) is 70.6 cm³/mol. The number of hydrogen-bond donors (Lipinski definition) is 3. The molecule has 0 aliphatic carbocycles. The molecule has 0 aliphatic rings. The summed E-state index contributed by atoms with van der Waals surface area (Å²) in [7, 11) is 0. The van der Waals surface area contributed by atoms with Crippen molar-refractivity contribution in [2.45, 2.75) is 13.0 Å². The van der Waals surface area contributed by atoms with Crippen LogP contribution in [0.4, 0.5) is 10.5 Å². The van der Waals surface area contributed by atoms with Crippen LogP contribution in [-0.2, 0) is 0 Å². The molecule has 0 radical (unpaired) electrons. The van der Waals surface area contributed by atoms with Crippen molar-refractivity contribution >= 4 is 11.7 Å². The van der Waals surface area contributed by atoms with Gasteiger partial charge in [-0.25, -0.2) is 9.78 Å². The maximum Gasteiger partial charge on any atom is 0.319 e. The second-order valence-corrected chi connectivity index (χ2v) is 4.10. The van der Waals surface area contributed by atoms with Crippen LogP contribution in [0.2, 0.25) is 0 Å². The second-order valence-electron chi connectivity index (χ2n) is 4.10. The van der Waals surface area contributed by atoms with Gasteiger partial charge < -0.3 is 20.2 Å². The molecule has 3 N–H and O–H groups in total. The lowest BCUT2D eigenvalue weighted by atomic mass is 10.2. The lowest BCUT2D eigenvalue weighted by Gasteiger charge is -2.12. The van der Waals surface area contributed by atoms with Crippen molar-refractivity contribution < 1.29 is 14.3 Å². The Morgan fingerprint density at radius 1 is 1.42 bits per heavy atom. The molecule has 0 unspecified atom stereocenters. The Kier molecular flexibility index (Phi) is 4.15. The Hall–Kier alpha value is -2.34. The number of nitrogens with zero attached hydrogens (tertiary/aromatic N) is 1. The zero-order valence-corrected chi connectivity index (χ0v) is 10.5. The third-order valence-corrected chi connectivity index (χ3v) is 2.47. The van der Waals surface area contributed by atoms with E-state index in [1.165, 1.54) is 6.26 Å². The molecule has 0 spiro atoms. The lowest BCUT2D eigenvalue weighted by Crippen LogP contribution is -2.38. The van der Waals surface area contributed by atoms with Gasteiger partial charge in [-0.05, 0) is 31.2 Å². The fraction of sp³-hybridized carbons (Fsp3) is 0.231. The number of urea groups is 1. The minimum absolute atomic E-state index is 0.101. The molecule has 0 fully saturated rings. The predicted octanol–water partition coefficient (Wildman–Crippen LogP) is 1.84. The number of carbonyl (C=O) groups excluding carboxylic acids is 1. The van der Waals surface area contributed by atoms with Gasteiger partial charge in [0.05, 0.1) is 18.8 Å². The fourth-order valence-corrected chi connectivity index (χ4v) is 1.50. The molecule has 0 bridgehead atoms. The van der Waals surface area contributed by atoms with Crippen molar-refractivity contribution in [3.8, 4) is 11.5 Å². The summed E-state index contributed by atoms with van der Waals surface area (Å²) in [6.45, 7) is 1.61. The van der Waals surface area contributed by atoms with Crippen molar-refractivity contribution in [3.63, 3.8) is 0 Å². The van der Waals surface area contributed by atoms with Gasteiger partial charge in [0.15, 0.2) is 0 Å². The Bertz CT molecular complexity index is 523. The van der Waals surface area contributed by atoms with E-state index in [1.54, 1.807) is 37.4 Å². The highest BCUT2D eigenvalue weighted by Crippen LogP contribution is 2.19. The Labute approximate surface area is 110 Å². The molecular formula is C13H15N3O3. The highest BCUT2D eigenvalue weighted by Gasteiger charge is 2.07. The van der Waals surface area contributed by atoms with Gasteiger partial charge in [-0.3, -0.25) is 0 Å². The van der Waals surface area contributed by atoms with E-state index < -0.39 is 0 Å². The van der Waals surface area contributed by atoms with E-state index in [2.05, 4.69) is 15.6 Å². The second kappa shape index (κ2) is 6.01. The number of rotatable bonds is 4. The number of nitrogens with one attached hydrogen (secondary N) is 2. The molecule has 1 aromatic carbocycles. The molecule has 2 aromatic rings. The van der Waals surface area contributed by atoms with Crippen molar-refractivity contribution in [2.75, 3.05) is 11.9 Å². The topological polar surface area (TPSA) is 87.4 Å². The van der Waals surface area contributed by atoms with Crippen LogP contribution in [0.5, 0.6) is 0 Å². The molecule has 2 amide bonds. The number of carbonyl (C=O) groups is 1. The van der Waals surface area contributed by atoms with Gasteiger partial charge in [-0.2, -0.15) is 0 Å². The van der Waals surface area contributed by atoms with Crippen LogP contribution < -0.4 is 10.6 Å². The normalized spacial score (nSPS) is 11.9. The van der Waals surface area contributed by atoms with Crippen molar-refractivity contribution in [1.82, 2.24) is 10.3 Å². The van der Waals surface area contributed by atoms with Crippen molar-refractivity contribution in [1.29, 1.82) is 0 Å². The quantitative estimate of drug-likeness (QED) is 0.783. The number of amides is 2. The van der Waals surface area contributed by atoms with Crippen LogP contribution in [0.25, 0.3) is 11.5 Å². The number of anilines is 1. The molecule has 0 saturated heterocycles. The summed E-state index contributed by atoms with van der Waals surface area (Å²) in [4.78, 5) is 15.6. The number of oxazole rings is 1. The zero-order valence-electron chi connectivity index (χ0n) is 10.5. The maximum atomic E-state index is 11.5. The summed E-state index contributed by atoms with van der Waals surface area (Å²) in [5.74, 6) is 0.532. The van der Waals surface area contributed by atoms with Crippen molar-refractivity contribution in [3.05, 3.63) is 36.7 Å². The molecule has 6 nitrogen and oxygen atoms in total. The largest absolute Gasteiger partial charge is 0.445 e. The summed E-state index contributed by atoms with van der Waals surface area (Å²) in [6.07, 6.45) is 3.08. The first-order valence-corrected chi connectivity index (χ1v) is 5.87. The highest BCUT2D eigenvalue weighted by molar-refractivity contribution is 5.89. The average molecular weight is 261 g/mol. The third kappa shape index (κ3) is 3.56. The monoisotopic (exact) mass is 261 g/mol. The van der Waals surface area contributed by atoms with E-state index in [9.17, 15) is 4.79 Å². The Balaban J connectivity index is 1.97. The minimum Gasteiger partial charge on any atom is -0.445 e. The van der Waals surface area contributed by atoms with E-state index in [0.717, 1.165) is 5.56 Å². The average Bonchev–Trinajstić information content (AvgIpc) is 2.93. The Morgan fingerprint density at radius 3 is 2.74 bits per heavy atom. The first kappa shape index (κ1) is 13.1. The van der Waals surface area contributed by atoms with Gasteiger partial charge in [-0.1, -0.05) is 0 Å². The van der Waals surface area contributed by atoms with E-state index in [1.807, 2.05) is 0 Å². The van der Waals surface area contributed by atoms with E-state index in [-0.39, 0.29) is 18.7 Å². The number of benzene rings is 1. The van der Waals surface area contributed by atoms with Gasteiger partial charge >= 0.3 is 6.03 Å². The number of aliphatic hydroxyl groups is 1. The van der Waals surface area contributed by atoms with E-state index >= 15 is 0 Å².